The zero-order valence-corrected chi connectivity index (χ0v) is 22.5. The Kier molecular flexibility index (Phi) is 6.00. The van der Waals surface area contributed by atoms with E-state index in [1.165, 1.54) is 4.90 Å². The highest BCUT2D eigenvalue weighted by molar-refractivity contribution is 6.09. The van der Waals surface area contributed by atoms with Gasteiger partial charge in [-0.15, -0.1) is 5.10 Å². The number of urea groups is 1. The Balaban J connectivity index is 1.56. The highest BCUT2D eigenvalue weighted by Gasteiger charge is 2.33. The van der Waals surface area contributed by atoms with E-state index in [4.69, 9.17) is 9.72 Å². The molecule has 0 spiro atoms. The van der Waals surface area contributed by atoms with Crippen molar-refractivity contribution in [3.8, 4) is 11.3 Å². The number of aromatic nitrogens is 5. The van der Waals surface area contributed by atoms with Gasteiger partial charge in [-0.25, -0.2) is 13.9 Å². The zero-order valence-electron chi connectivity index (χ0n) is 22.5. The van der Waals surface area contributed by atoms with Crippen molar-refractivity contribution in [2.75, 3.05) is 31.2 Å². The van der Waals surface area contributed by atoms with Gasteiger partial charge in [-0.1, -0.05) is 35.5 Å². The van der Waals surface area contributed by atoms with E-state index in [0.29, 0.717) is 31.8 Å². The monoisotopic (exact) mass is 539 g/mol. The van der Waals surface area contributed by atoms with Gasteiger partial charge in [0.15, 0.2) is 5.82 Å². The fraction of sp³-hybridized carbons (Fsp3) is 0.333. The van der Waals surface area contributed by atoms with E-state index in [0.717, 1.165) is 51.8 Å². The molecular formula is C30H30FN7O2. The fourth-order valence-electron chi connectivity index (χ4n) is 6.44. The van der Waals surface area contributed by atoms with Crippen LogP contribution >= 0.6 is 0 Å². The van der Waals surface area contributed by atoms with E-state index >= 15 is 4.39 Å². The van der Waals surface area contributed by atoms with Gasteiger partial charge in [-0.05, 0) is 49.4 Å². The lowest BCUT2D eigenvalue weighted by Crippen LogP contribution is -2.29. The highest BCUT2D eigenvalue weighted by atomic mass is 19.1. The molecule has 0 saturated carbocycles. The van der Waals surface area contributed by atoms with E-state index in [9.17, 15) is 4.79 Å². The number of halogens is 1. The molecule has 1 N–H and O–H groups in total. The van der Waals surface area contributed by atoms with Crippen molar-refractivity contribution in [3.05, 3.63) is 71.8 Å². The van der Waals surface area contributed by atoms with Gasteiger partial charge < -0.3 is 14.6 Å². The minimum absolute atomic E-state index is 0.162. The summed E-state index contributed by atoms with van der Waals surface area (Å²) in [5.74, 6) is -0.197. The highest BCUT2D eigenvalue weighted by Crippen LogP contribution is 2.43. The minimum Gasteiger partial charge on any atom is -0.381 e. The number of fused-ring (bicyclic) bond motifs is 3. The number of nitrogens with zero attached hydrogens (tertiary/aromatic N) is 6. The summed E-state index contributed by atoms with van der Waals surface area (Å²) >= 11 is 0. The van der Waals surface area contributed by atoms with Gasteiger partial charge in [-0.2, -0.15) is 0 Å². The van der Waals surface area contributed by atoms with Crippen molar-refractivity contribution in [2.24, 2.45) is 13.0 Å². The first-order valence-corrected chi connectivity index (χ1v) is 13.7. The Morgan fingerprint density at radius 1 is 1.12 bits per heavy atom. The number of rotatable bonds is 5. The molecule has 2 saturated heterocycles. The van der Waals surface area contributed by atoms with Crippen molar-refractivity contribution in [1.82, 2.24) is 29.9 Å². The van der Waals surface area contributed by atoms with E-state index in [2.05, 4.69) is 38.4 Å². The Morgan fingerprint density at radius 3 is 2.62 bits per heavy atom. The summed E-state index contributed by atoms with van der Waals surface area (Å²) in [7, 11) is 1.86. The molecule has 0 unspecified atom stereocenters. The molecule has 2 aliphatic heterocycles. The minimum atomic E-state index is -0.416. The number of aryl methyl sites for hydroxylation is 2. The first kappa shape index (κ1) is 24.7. The lowest BCUT2D eigenvalue weighted by atomic mass is 9.86. The van der Waals surface area contributed by atoms with Gasteiger partial charge >= 0.3 is 6.03 Å². The van der Waals surface area contributed by atoms with Crippen LogP contribution in [-0.4, -0.2) is 56.9 Å². The fourth-order valence-corrected chi connectivity index (χ4v) is 6.44. The van der Waals surface area contributed by atoms with Crippen LogP contribution < -0.4 is 10.2 Å². The summed E-state index contributed by atoms with van der Waals surface area (Å²) in [6.45, 7) is 4.14. The third kappa shape index (κ3) is 3.85. The van der Waals surface area contributed by atoms with Crippen LogP contribution in [0.5, 0.6) is 0 Å². The summed E-state index contributed by atoms with van der Waals surface area (Å²) in [5.41, 5.74) is 5.90. The first-order valence-electron chi connectivity index (χ1n) is 13.7. The van der Waals surface area contributed by atoms with Gasteiger partial charge in [0.1, 0.15) is 0 Å². The zero-order chi connectivity index (χ0) is 27.4. The van der Waals surface area contributed by atoms with Crippen LogP contribution in [0.4, 0.5) is 14.9 Å². The lowest BCUT2D eigenvalue weighted by molar-refractivity contribution is 0.0552. The number of nitrogens with one attached hydrogen (secondary N) is 1. The number of carbonyl (C=O) groups excluding carboxylic acids is 1. The molecule has 0 radical (unpaired) electrons. The molecular weight excluding hydrogens is 509 g/mol. The van der Waals surface area contributed by atoms with Gasteiger partial charge in [0.25, 0.3) is 0 Å². The summed E-state index contributed by atoms with van der Waals surface area (Å²) in [6.07, 6.45) is 3.52. The average Bonchev–Trinajstić information content (AvgIpc) is 3.65. The number of carbonyl (C=O) groups is 1. The van der Waals surface area contributed by atoms with Gasteiger partial charge in [0.05, 0.1) is 39.7 Å². The maximum atomic E-state index is 16.8. The van der Waals surface area contributed by atoms with Crippen LogP contribution in [0.15, 0.2) is 54.7 Å². The number of pyridine rings is 1. The van der Waals surface area contributed by atoms with Crippen LogP contribution in [-0.2, 0) is 11.8 Å². The molecule has 3 aromatic heterocycles. The number of benzene rings is 2. The second kappa shape index (κ2) is 9.71. The van der Waals surface area contributed by atoms with Crippen LogP contribution in [0, 0.1) is 18.7 Å². The molecule has 7 rings (SSSR count). The van der Waals surface area contributed by atoms with Crippen LogP contribution in [0.25, 0.3) is 33.2 Å². The molecule has 1 atom stereocenters. The summed E-state index contributed by atoms with van der Waals surface area (Å²) in [4.78, 5) is 18.9. The van der Waals surface area contributed by atoms with E-state index < -0.39 is 5.82 Å². The molecule has 9 nitrogen and oxygen atoms in total. The summed E-state index contributed by atoms with van der Waals surface area (Å²) < 4.78 is 26.4. The van der Waals surface area contributed by atoms with Crippen LogP contribution in [0.3, 0.4) is 0 Å². The van der Waals surface area contributed by atoms with E-state index in [1.807, 2.05) is 44.4 Å². The first-order chi connectivity index (χ1) is 19.5. The number of ether oxygens (including phenoxy) is 1. The quantitative estimate of drug-likeness (QED) is 0.340. The molecule has 2 amide bonds. The largest absolute Gasteiger partial charge is 0.381 e. The van der Waals surface area contributed by atoms with Crippen molar-refractivity contribution in [3.63, 3.8) is 0 Å². The molecule has 2 fully saturated rings. The normalized spacial score (nSPS) is 17.2. The smallest absolute Gasteiger partial charge is 0.322 e. The lowest BCUT2D eigenvalue weighted by Gasteiger charge is -2.33. The molecule has 2 aromatic carbocycles. The molecule has 40 heavy (non-hydrogen) atoms. The number of hydrogen-bond donors (Lipinski definition) is 1. The molecule has 0 aliphatic carbocycles. The van der Waals surface area contributed by atoms with Gasteiger partial charge in [0, 0.05) is 50.5 Å². The Hall–Kier alpha value is -4.31. The Labute approximate surface area is 230 Å². The van der Waals surface area contributed by atoms with Crippen LogP contribution in [0.1, 0.15) is 30.1 Å². The van der Waals surface area contributed by atoms with E-state index in [1.54, 1.807) is 10.7 Å². The Morgan fingerprint density at radius 2 is 1.93 bits per heavy atom. The molecule has 2 aliphatic rings. The third-order valence-corrected chi connectivity index (χ3v) is 8.27. The predicted molar refractivity (Wildman–Crippen MR) is 151 cm³/mol. The predicted octanol–water partition coefficient (Wildman–Crippen LogP) is 4.98. The summed E-state index contributed by atoms with van der Waals surface area (Å²) in [6, 6.07) is 15.5. The van der Waals surface area contributed by atoms with Crippen molar-refractivity contribution < 1.29 is 13.9 Å². The van der Waals surface area contributed by atoms with Gasteiger partial charge in [0.2, 0.25) is 0 Å². The molecule has 10 heteroatoms. The topological polar surface area (TPSA) is 90.1 Å². The molecule has 0 bridgehead atoms. The number of anilines is 1. The third-order valence-electron chi connectivity index (χ3n) is 8.27. The van der Waals surface area contributed by atoms with Crippen LogP contribution in [0.2, 0.25) is 0 Å². The van der Waals surface area contributed by atoms with Crippen molar-refractivity contribution >= 4 is 33.7 Å². The van der Waals surface area contributed by atoms with E-state index in [-0.39, 0.29) is 23.7 Å². The Bertz CT molecular complexity index is 1720. The SMILES string of the molecule is Cc1nnn(C)c1-c1cnc2c3ccc(N4CCNC4=O)c(F)c3n([C@H](c3ccccc3)C3CCOCC3)c2c1. The maximum absolute atomic E-state index is 16.8. The molecule has 204 valence electrons. The maximum Gasteiger partial charge on any atom is 0.322 e. The van der Waals surface area contributed by atoms with Crippen molar-refractivity contribution in [2.45, 2.75) is 25.8 Å². The second-order valence-corrected chi connectivity index (χ2v) is 10.6. The number of amides is 2. The second-order valence-electron chi connectivity index (χ2n) is 10.6. The van der Waals surface area contributed by atoms with Crippen molar-refractivity contribution in [1.29, 1.82) is 0 Å². The average molecular weight is 540 g/mol. The molecule has 5 aromatic rings. The van der Waals surface area contributed by atoms with Gasteiger partial charge in [-0.3, -0.25) is 9.88 Å². The standard InChI is InChI=1S/C30H30FN7O2/c1-18-27(36(2)35-34-18)21-16-24-26(33-17-21)22-8-9-23(37-13-12-32-30(37)39)25(31)29(22)38(24)28(19-6-4-3-5-7-19)20-10-14-40-15-11-20/h3-9,16-17,20,28H,10-15H2,1-2H3,(H,32,39)/t28-/m1/s1. The summed E-state index contributed by atoms with van der Waals surface area (Å²) in [5, 5.41) is 11.9. The number of hydrogen-bond acceptors (Lipinski definition) is 5. The molecule has 5 heterocycles.